The molecule has 100 valence electrons. The number of phenols is 1. The molecule has 5 nitrogen and oxygen atoms in total. The molecule has 1 aromatic carbocycles. The van der Waals surface area contributed by atoms with Gasteiger partial charge in [-0.15, -0.1) is 0 Å². The summed E-state index contributed by atoms with van der Waals surface area (Å²) in [6, 6.07) is 4.10. The summed E-state index contributed by atoms with van der Waals surface area (Å²) in [6.45, 7) is 0. The molecule has 1 aliphatic rings. The highest BCUT2D eigenvalue weighted by Crippen LogP contribution is 2.24. The SMILES string of the molecule is N#Cc1cc(Br)cc(F)c1O.O=C1CCC(=O)N1Br. The first-order valence-corrected chi connectivity index (χ1v) is 6.46. The minimum atomic E-state index is -0.795. The molecule has 0 radical (unpaired) electrons. The van der Waals surface area contributed by atoms with Crippen LogP contribution in [0.4, 0.5) is 4.39 Å². The summed E-state index contributed by atoms with van der Waals surface area (Å²) in [6.07, 6.45) is 0.703. The second kappa shape index (κ2) is 6.63. The number of phenolic OH excluding ortho intramolecular Hbond substituents is 1. The molecule has 2 amide bonds. The minimum absolute atomic E-state index is 0.0723. The predicted octanol–water partition coefficient (Wildman–Crippen LogP) is 2.61. The Hall–Kier alpha value is -1.46. The van der Waals surface area contributed by atoms with Gasteiger partial charge in [0.25, 0.3) is 0 Å². The zero-order chi connectivity index (χ0) is 14.6. The molecule has 0 aliphatic carbocycles. The van der Waals surface area contributed by atoms with E-state index in [1.165, 1.54) is 6.07 Å². The normalized spacial score (nSPS) is 13.9. The molecule has 0 atom stereocenters. The highest BCUT2D eigenvalue weighted by molar-refractivity contribution is 9.10. The van der Waals surface area contributed by atoms with E-state index in [-0.39, 0.29) is 17.4 Å². The number of carbonyl (C=O) groups is 2. The third-order valence-corrected chi connectivity index (χ3v) is 3.39. The maximum Gasteiger partial charge on any atom is 0.239 e. The first-order chi connectivity index (χ1) is 8.86. The highest BCUT2D eigenvalue weighted by Gasteiger charge is 2.26. The number of imide groups is 1. The number of amides is 2. The fourth-order valence-corrected chi connectivity index (χ4v) is 1.99. The summed E-state index contributed by atoms with van der Waals surface area (Å²) in [7, 11) is 0. The van der Waals surface area contributed by atoms with E-state index in [1.807, 2.05) is 0 Å². The number of nitrogens with zero attached hydrogens (tertiary/aromatic N) is 2. The van der Waals surface area contributed by atoms with E-state index in [4.69, 9.17) is 10.4 Å². The molecular weight excluding hydrogens is 387 g/mol. The van der Waals surface area contributed by atoms with Crippen LogP contribution in [0, 0.1) is 17.1 Å². The first kappa shape index (κ1) is 15.6. The van der Waals surface area contributed by atoms with Gasteiger partial charge in [0.1, 0.15) is 6.07 Å². The average molecular weight is 394 g/mol. The van der Waals surface area contributed by atoms with Crippen LogP contribution in [0.15, 0.2) is 16.6 Å². The number of hydrogen-bond donors (Lipinski definition) is 1. The molecule has 1 N–H and O–H groups in total. The van der Waals surface area contributed by atoms with E-state index in [0.717, 1.165) is 9.99 Å². The number of nitriles is 1. The van der Waals surface area contributed by atoms with Crippen molar-refractivity contribution in [3.05, 3.63) is 28.0 Å². The van der Waals surface area contributed by atoms with E-state index < -0.39 is 11.6 Å². The van der Waals surface area contributed by atoms with Crippen LogP contribution in [0.1, 0.15) is 18.4 Å². The van der Waals surface area contributed by atoms with Gasteiger partial charge >= 0.3 is 0 Å². The lowest BCUT2D eigenvalue weighted by atomic mass is 10.2. The molecular formula is C11H7Br2FN2O3. The van der Waals surface area contributed by atoms with Gasteiger partial charge in [0.05, 0.1) is 21.7 Å². The van der Waals surface area contributed by atoms with Gasteiger partial charge in [-0.05, 0) is 12.1 Å². The minimum Gasteiger partial charge on any atom is -0.504 e. The Morgan fingerprint density at radius 3 is 2.21 bits per heavy atom. The maximum absolute atomic E-state index is 12.6. The van der Waals surface area contributed by atoms with Crippen LogP contribution in [0.25, 0.3) is 0 Å². The van der Waals surface area contributed by atoms with Crippen molar-refractivity contribution in [3.63, 3.8) is 0 Å². The Morgan fingerprint density at radius 2 is 1.84 bits per heavy atom. The third kappa shape index (κ3) is 4.01. The lowest BCUT2D eigenvalue weighted by Crippen LogP contribution is -2.16. The number of rotatable bonds is 0. The van der Waals surface area contributed by atoms with Crippen molar-refractivity contribution >= 4 is 43.9 Å². The quantitative estimate of drug-likeness (QED) is 0.542. The maximum atomic E-state index is 12.6. The summed E-state index contributed by atoms with van der Waals surface area (Å²) in [5.74, 6) is -1.68. The number of halogens is 3. The lowest BCUT2D eigenvalue weighted by Gasteiger charge is -1.97. The molecule has 0 saturated carbocycles. The molecule has 1 saturated heterocycles. The van der Waals surface area contributed by atoms with Gasteiger partial charge in [0.2, 0.25) is 11.8 Å². The van der Waals surface area contributed by atoms with Crippen LogP contribution in [0.5, 0.6) is 5.75 Å². The van der Waals surface area contributed by atoms with Gasteiger partial charge in [0.15, 0.2) is 11.6 Å². The first-order valence-electron chi connectivity index (χ1n) is 4.96. The Labute approximate surface area is 125 Å². The smallest absolute Gasteiger partial charge is 0.239 e. The van der Waals surface area contributed by atoms with E-state index >= 15 is 0 Å². The molecule has 19 heavy (non-hydrogen) atoms. The molecule has 0 unspecified atom stereocenters. The van der Waals surface area contributed by atoms with Gasteiger partial charge in [-0.3, -0.25) is 9.59 Å². The van der Waals surface area contributed by atoms with E-state index in [1.54, 1.807) is 6.07 Å². The Morgan fingerprint density at radius 1 is 1.32 bits per heavy atom. The highest BCUT2D eigenvalue weighted by atomic mass is 79.9. The van der Waals surface area contributed by atoms with Gasteiger partial charge in [-0.25, -0.2) is 8.32 Å². The number of carbonyl (C=O) groups excluding carboxylic acids is 2. The topological polar surface area (TPSA) is 81.4 Å². The standard InChI is InChI=1S/C7H3BrFNO.C4H4BrNO2/c8-5-1-4(3-10)7(11)6(9)2-5;5-6-3(7)1-2-4(6)8/h1-2,11H;1-2H2. The van der Waals surface area contributed by atoms with Crippen molar-refractivity contribution in [2.75, 3.05) is 0 Å². The van der Waals surface area contributed by atoms with Gasteiger partial charge in [-0.1, -0.05) is 15.9 Å². The van der Waals surface area contributed by atoms with Crippen LogP contribution in [0.3, 0.4) is 0 Å². The monoisotopic (exact) mass is 392 g/mol. The van der Waals surface area contributed by atoms with Crippen LogP contribution < -0.4 is 0 Å². The van der Waals surface area contributed by atoms with Crippen molar-refractivity contribution in [2.45, 2.75) is 12.8 Å². The van der Waals surface area contributed by atoms with Crippen molar-refractivity contribution in [3.8, 4) is 11.8 Å². The molecule has 2 rings (SSSR count). The predicted molar refractivity (Wildman–Crippen MR) is 70.5 cm³/mol. The molecule has 1 aromatic rings. The number of aromatic hydroxyl groups is 1. The van der Waals surface area contributed by atoms with E-state index in [9.17, 15) is 14.0 Å². The van der Waals surface area contributed by atoms with E-state index in [2.05, 4.69) is 32.1 Å². The van der Waals surface area contributed by atoms with Crippen molar-refractivity contribution in [1.29, 1.82) is 5.26 Å². The second-order valence-electron chi connectivity index (χ2n) is 3.46. The zero-order valence-electron chi connectivity index (χ0n) is 9.36. The molecule has 0 spiro atoms. The van der Waals surface area contributed by atoms with Crippen LogP contribution >= 0.6 is 32.1 Å². The molecule has 0 bridgehead atoms. The van der Waals surface area contributed by atoms with Crippen LogP contribution in [-0.2, 0) is 9.59 Å². The fourth-order valence-electron chi connectivity index (χ4n) is 1.20. The molecule has 1 aliphatic heterocycles. The Bertz CT molecular complexity index is 556. The van der Waals surface area contributed by atoms with Crippen LogP contribution in [0.2, 0.25) is 0 Å². The molecule has 1 heterocycles. The summed E-state index contributed by atoms with van der Waals surface area (Å²) < 4.78 is 14.0. The van der Waals surface area contributed by atoms with Crippen molar-refractivity contribution in [1.82, 2.24) is 3.93 Å². The molecule has 0 aromatic heterocycles. The third-order valence-electron chi connectivity index (χ3n) is 2.14. The summed E-state index contributed by atoms with van der Waals surface area (Å²) in [5.41, 5.74) is -0.0723. The summed E-state index contributed by atoms with van der Waals surface area (Å²) in [5, 5.41) is 17.3. The fraction of sp³-hybridized carbons (Fsp3) is 0.182. The second-order valence-corrected chi connectivity index (χ2v) is 5.09. The summed E-state index contributed by atoms with van der Waals surface area (Å²) >= 11 is 5.79. The Balaban J connectivity index is 0.000000200. The lowest BCUT2D eigenvalue weighted by molar-refractivity contribution is -0.131. The van der Waals surface area contributed by atoms with Crippen molar-refractivity contribution in [2.24, 2.45) is 0 Å². The van der Waals surface area contributed by atoms with Gasteiger partial charge < -0.3 is 5.11 Å². The Kier molecular flexibility index (Phi) is 5.44. The summed E-state index contributed by atoms with van der Waals surface area (Å²) in [4.78, 5) is 20.9. The average Bonchev–Trinajstić information content (AvgIpc) is 2.66. The van der Waals surface area contributed by atoms with Gasteiger partial charge in [0, 0.05) is 17.3 Å². The molecule has 8 heteroatoms. The van der Waals surface area contributed by atoms with E-state index in [0.29, 0.717) is 17.3 Å². The number of benzene rings is 1. The molecule has 1 fully saturated rings. The largest absolute Gasteiger partial charge is 0.504 e. The van der Waals surface area contributed by atoms with Crippen LogP contribution in [-0.4, -0.2) is 20.8 Å². The van der Waals surface area contributed by atoms with Gasteiger partial charge in [-0.2, -0.15) is 5.26 Å². The zero-order valence-corrected chi connectivity index (χ0v) is 12.5. The van der Waals surface area contributed by atoms with Crippen molar-refractivity contribution < 1.29 is 19.1 Å². The number of hydrogen-bond acceptors (Lipinski definition) is 4.